The van der Waals surface area contributed by atoms with E-state index in [0.29, 0.717) is 0 Å². The average Bonchev–Trinajstić information content (AvgIpc) is 3.43. The first-order valence-electron chi connectivity index (χ1n) is 10.0. The maximum absolute atomic E-state index is 4.95. The highest BCUT2D eigenvalue weighted by molar-refractivity contribution is 5.98. The van der Waals surface area contributed by atoms with Gasteiger partial charge in [0.1, 0.15) is 16.9 Å². The molecule has 30 heavy (non-hydrogen) atoms. The van der Waals surface area contributed by atoms with Gasteiger partial charge >= 0.3 is 0 Å². The highest BCUT2D eigenvalue weighted by atomic mass is 15.1. The molecule has 1 aliphatic rings. The lowest BCUT2D eigenvalue weighted by atomic mass is 10.0. The topological polar surface area (TPSA) is 95.2 Å². The van der Waals surface area contributed by atoms with Gasteiger partial charge in [-0.25, -0.2) is 9.97 Å². The van der Waals surface area contributed by atoms with Crippen molar-refractivity contribution in [3.63, 3.8) is 0 Å². The minimum atomic E-state index is 0.806. The Morgan fingerprint density at radius 3 is 2.77 bits per heavy atom. The van der Waals surface area contributed by atoms with E-state index >= 15 is 0 Å². The molecule has 0 radical (unpaired) electrons. The SMILES string of the molecule is C1=C(c2ccc3[nH]nc(-c4cc5c(-c6ccncc6)ccnc5[nH]4)c3n2)CCNC1. The number of nitrogens with one attached hydrogen (secondary N) is 3. The number of hydrogen-bond acceptors (Lipinski definition) is 5. The Bertz CT molecular complexity index is 1400. The molecule has 7 nitrogen and oxygen atoms in total. The van der Waals surface area contributed by atoms with Gasteiger partial charge in [-0.05, 0) is 66.1 Å². The molecule has 0 fully saturated rings. The van der Waals surface area contributed by atoms with Crippen molar-refractivity contribution < 1.29 is 0 Å². The zero-order valence-electron chi connectivity index (χ0n) is 16.2. The quantitative estimate of drug-likeness (QED) is 0.432. The molecule has 6 rings (SSSR count). The van der Waals surface area contributed by atoms with Crippen molar-refractivity contribution in [3.05, 3.63) is 66.8 Å². The van der Waals surface area contributed by atoms with Gasteiger partial charge in [0.2, 0.25) is 0 Å². The molecule has 0 spiro atoms. The van der Waals surface area contributed by atoms with Crippen molar-refractivity contribution in [2.45, 2.75) is 6.42 Å². The van der Waals surface area contributed by atoms with Crippen LogP contribution in [0.3, 0.4) is 0 Å². The second kappa shape index (κ2) is 6.89. The molecule has 146 valence electrons. The summed E-state index contributed by atoms with van der Waals surface area (Å²) >= 11 is 0. The van der Waals surface area contributed by atoms with Crippen LogP contribution in [0, 0.1) is 0 Å². The summed E-state index contributed by atoms with van der Waals surface area (Å²) < 4.78 is 0. The van der Waals surface area contributed by atoms with E-state index in [-0.39, 0.29) is 0 Å². The number of H-pyrrole nitrogens is 2. The lowest BCUT2D eigenvalue weighted by molar-refractivity contribution is 0.737. The van der Waals surface area contributed by atoms with Gasteiger partial charge in [0.05, 0.1) is 16.9 Å². The van der Waals surface area contributed by atoms with E-state index in [2.05, 4.69) is 54.7 Å². The van der Waals surface area contributed by atoms with Crippen LogP contribution in [0.25, 0.3) is 50.2 Å². The predicted molar refractivity (Wildman–Crippen MR) is 118 cm³/mol. The highest BCUT2D eigenvalue weighted by Gasteiger charge is 2.16. The number of pyridine rings is 3. The number of hydrogen-bond donors (Lipinski definition) is 3. The number of aromatic nitrogens is 6. The standard InChI is InChI=1S/C23H19N7/c1-2-19-21(27-18(1)15-5-10-25-11-6-15)22(30-29-19)20-13-17-16(7-12-26-23(17)28-20)14-3-8-24-9-4-14/h1-5,7-9,12-13,25H,6,10-11H2,(H,26,28)(H,29,30). The third-order valence-corrected chi connectivity index (χ3v) is 5.58. The third kappa shape index (κ3) is 2.79. The largest absolute Gasteiger partial charge is 0.338 e. The summed E-state index contributed by atoms with van der Waals surface area (Å²) in [6.07, 6.45) is 8.62. The molecule has 7 heteroatoms. The van der Waals surface area contributed by atoms with E-state index in [1.807, 2.05) is 24.4 Å². The summed E-state index contributed by atoms with van der Waals surface area (Å²) in [6, 6.07) is 12.3. The van der Waals surface area contributed by atoms with Crippen LogP contribution < -0.4 is 5.32 Å². The number of nitrogens with zero attached hydrogens (tertiary/aromatic N) is 4. The summed E-state index contributed by atoms with van der Waals surface area (Å²) in [4.78, 5) is 17.0. The lowest BCUT2D eigenvalue weighted by Gasteiger charge is -2.13. The first kappa shape index (κ1) is 17.1. The molecular formula is C23H19N7. The van der Waals surface area contributed by atoms with Crippen LogP contribution in [-0.4, -0.2) is 43.2 Å². The van der Waals surface area contributed by atoms with Crippen molar-refractivity contribution in [2.75, 3.05) is 13.1 Å². The Hall–Kier alpha value is -3.84. The monoisotopic (exact) mass is 393 g/mol. The van der Waals surface area contributed by atoms with Gasteiger partial charge in [-0.3, -0.25) is 10.1 Å². The first-order valence-corrected chi connectivity index (χ1v) is 10.0. The van der Waals surface area contributed by atoms with Crippen LogP contribution in [0.4, 0.5) is 0 Å². The summed E-state index contributed by atoms with van der Waals surface area (Å²) in [5.74, 6) is 0. The molecule has 0 aromatic carbocycles. The molecule has 0 saturated heterocycles. The third-order valence-electron chi connectivity index (χ3n) is 5.58. The maximum Gasteiger partial charge on any atom is 0.138 e. The minimum Gasteiger partial charge on any atom is -0.338 e. The molecule has 5 aromatic heterocycles. The Balaban J connectivity index is 1.50. The molecule has 5 aromatic rings. The Morgan fingerprint density at radius 2 is 1.90 bits per heavy atom. The van der Waals surface area contributed by atoms with Gasteiger partial charge in [0.15, 0.2) is 0 Å². The fourth-order valence-corrected chi connectivity index (χ4v) is 4.06. The van der Waals surface area contributed by atoms with Crippen LogP contribution in [0.1, 0.15) is 12.1 Å². The van der Waals surface area contributed by atoms with Gasteiger partial charge in [-0.15, -0.1) is 0 Å². The second-order valence-corrected chi connectivity index (χ2v) is 7.39. The highest BCUT2D eigenvalue weighted by Crippen LogP contribution is 2.33. The molecular weight excluding hydrogens is 374 g/mol. The van der Waals surface area contributed by atoms with Crippen LogP contribution in [0.5, 0.6) is 0 Å². The molecule has 6 heterocycles. The van der Waals surface area contributed by atoms with Gasteiger partial charge in [0.25, 0.3) is 0 Å². The molecule has 0 unspecified atom stereocenters. The summed E-state index contributed by atoms with van der Waals surface area (Å²) in [5.41, 5.74) is 8.82. The van der Waals surface area contributed by atoms with Crippen LogP contribution in [-0.2, 0) is 0 Å². The van der Waals surface area contributed by atoms with Gasteiger partial charge in [0, 0.05) is 30.5 Å². The van der Waals surface area contributed by atoms with E-state index in [1.165, 1.54) is 5.57 Å². The Labute approximate surface area is 172 Å². The van der Waals surface area contributed by atoms with Crippen molar-refractivity contribution in [3.8, 4) is 22.5 Å². The smallest absolute Gasteiger partial charge is 0.138 e. The molecule has 0 atom stereocenters. The summed E-state index contributed by atoms with van der Waals surface area (Å²) in [5, 5.41) is 12.1. The van der Waals surface area contributed by atoms with Gasteiger partial charge < -0.3 is 10.3 Å². The number of rotatable bonds is 3. The molecule has 0 aliphatic carbocycles. The number of fused-ring (bicyclic) bond motifs is 2. The van der Waals surface area contributed by atoms with Crippen LogP contribution >= 0.6 is 0 Å². The Kier molecular flexibility index (Phi) is 3.92. The maximum atomic E-state index is 4.95. The fraction of sp³-hybridized carbons (Fsp3) is 0.130. The van der Waals surface area contributed by atoms with Crippen LogP contribution in [0.2, 0.25) is 0 Å². The summed E-state index contributed by atoms with van der Waals surface area (Å²) in [6.45, 7) is 1.87. The van der Waals surface area contributed by atoms with Crippen molar-refractivity contribution in [1.82, 2.24) is 35.5 Å². The van der Waals surface area contributed by atoms with Crippen molar-refractivity contribution in [2.24, 2.45) is 0 Å². The second-order valence-electron chi connectivity index (χ2n) is 7.39. The summed E-state index contributed by atoms with van der Waals surface area (Å²) in [7, 11) is 0. The average molecular weight is 393 g/mol. The van der Waals surface area contributed by atoms with E-state index in [0.717, 1.165) is 69.8 Å². The molecule has 0 saturated carbocycles. The normalized spacial score (nSPS) is 14.3. The predicted octanol–water partition coefficient (Wildman–Crippen LogP) is 3.94. The molecule has 3 N–H and O–H groups in total. The van der Waals surface area contributed by atoms with Crippen LogP contribution in [0.15, 0.2) is 61.1 Å². The zero-order valence-corrected chi connectivity index (χ0v) is 16.2. The number of aromatic amines is 2. The first-order chi connectivity index (χ1) is 14.9. The molecule has 0 amide bonds. The van der Waals surface area contributed by atoms with E-state index in [4.69, 9.17) is 4.98 Å². The van der Waals surface area contributed by atoms with Gasteiger partial charge in [-0.2, -0.15) is 5.10 Å². The fourth-order valence-electron chi connectivity index (χ4n) is 4.06. The van der Waals surface area contributed by atoms with Crippen molar-refractivity contribution in [1.29, 1.82) is 0 Å². The minimum absolute atomic E-state index is 0.806. The zero-order chi connectivity index (χ0) is 19.9. The van der Waals surface area contributed by atoms with Crippen molar-refractivity contribution >= 4 is 27.6 Å². The lowest BCUT2D eigenvalue weighted by Crippen LogP contribution is -2.20. The van der Waals surface area contributed by atoms with E-state index in [1.54, 1.807) is 12.4 Å². The van der Waals surface area contributed by atoms with Gasteiger partial charge in [-0.1, -0.05) is 6.08 Å². The van der Waals surface area contributed by atoms with E-state index < -0.39 is 0 Å². The van der Waals surface area contributed by atoms with E-state index in [9.17, 15) is 0 Å². The molecule has 1 aliphatic heterocycles. The Morgan fingerprint density at radius 1 is 0.967 bits per heavy atom. The molecule has 0 bridgehead atoms.